The van der Waals surface area contributed by atoms with Gasteiger partial charge in [-0.3, -0.25) is 0 Å². The maximum absolute atomic E-state index is 12.3. The number of hydrogen-bond acceptors (Lipinski definition) is 7. The molecule has 2 unspecified atom stereocenters. The fraction of sp³-hybridized carbons (Fsp3) is 0.545. The maximum atomic E-state index is 12.3. The summed E-state index contributed by atoms with van der Waals surface area (Å²) in [5, 5.41) is 8.98. The van der Waals surface area contributed by atoms with E-state index in [4.69, 9.17) is 5.26 Å². The third-order valence-electron chi connectivity index (χ3n) is 3.15. The molecule has 9 heteroatoms. The molecule has 2 rings (SSSR count). The number of nitrogens with one attached hydrogen (secondary N) is 1. The Morgan fingerprint density at radius 2 is 2.35 bits per heavy atom. The number of nitrogens with zero attached hydrogens (tertiary/aromatic N) is 2. The van der Waals surface area contributed by atoms with Crippen LogP contribution in [0.5, 0.6) is 0 Å². The molecule has 1 saturated carbocycles. The molecule has 0 amide bonds. The molecule has 20 heavy (non-hydrogen) atoms. The van der Waals surface area contributed by atoms with Crippen LogP contribution in [0.3, 0.4) is 0 Å². The van der Waals surface area contributed by atoms with Crippen LogP contribution in [0, 0.1) is 17.2 Å². The Morgan fingerprint density at radius 1 is 1.60 bits per heavy atom. The summed E-state index contributed by atoms with van der Waals surface area (Å²) < 4.78 is 31.4. The van der Waals surface area contributed by atoms with Crippen LogP contribution in [-0.4, -0.2) is 32.5 Å². The molecule has 1 N–H and O–H groups in total. The van der Waals surface area contributed by atoms with Crippen LogP contribution in [0.25, 0.3) is 0 Å². The summed E-state index contributed by atoms with van der Waals surface area (Å²) in [6.45, 7) is 0. The molecule has 7 nitrogen and oxygen atoms in total. The molecule has 1 aromatic heterocycles. The topological polar surface area (TPSA) is 109 Å². The molecule has 0 bridgehead atoms. The highest BCUT2D eigenvalue weighted by atomic mass is 32.2. The fourth-order valence-electron chi connectivity index (χ4n) is 2.17. The number of ether oxygens (including phenoxy) is 1. The van der Waals surface area contributed by atoms with Crippen molar-refractivity contribution < 1.29 is 17.9 Å². The molecule has 1 aliphatic carbocycles. The van der Waals surface area contributed by atoms with Gasteiger partial charge in [0.1, 0.15) is 0 Å². The van der Waals surface area contributed by atoms with Gasteiger partial charge in [0.05, 0.1) is 24.6 Å². The Morgan fingerprint density at radius 3 is 3.00 bits per heavy atom. The van der Waals surface area contributed by atoms with E-state index in [0.717, 1.165) is 24.9 Å². The van der Waals surface area contributed by atoms with E-state index in [2.05, 4.69) is 20.5 Å². The number of rotatable bonds is 4. The van der Waals surface area contributed by atoms with Crippen LogP contribution < -0.4 is 4.72 Å². The van der Waals surface area contributed by atoms with Crippen LogP contribution in [0.4, 0.5) is 0 Å². The molecule has 0 spiro atoms. The van der Waals surface area contributed by atoms with Gasteiger partial charge in [-0.2, -0.15) is 5.26 Å². The summed E-state index contributed by atoms with van der Waals surface area (Å²) in [4.78, 5) is 15.2. The SMILES string of the molecule is COC(=O)c1ncsc1S(=O)(=O)NC1CCCC1C#N. The first kappa shape index (κ1) is 14.9. The van der Waals surface area contributed by atoms with Crippen molar-refractivity contribution in [1.29, 1.82) is 5.26 Å². The zero-order valence-corrected chi connectivity index (χ0v) is 12.3. The second-order valence-corrected chi connectivity index (χ2v) is 7.14. The van der Waals surface area contributed by atoms with E-state index in [1.54, 1.807) is 0 Å². The van der Waals surface area contributed by atoms with Crippen molar-refractivity contribution in [3.63, 3.8) is 0 Å². The van der Waals surface area contributed by atoms with Crippen LogP contribution in [0.1, 0.15) is 29.8 Å². The van der Waals surface area contributed by atoms with Gasteiger partial charge in [0.25, 0.3) is 10.0 Å². The number of sulfonamides is 1. The average molecular weight is 315 g/mol. The molecule has 1 aliphatic rings. The molecule has 1 aromatic rings. The smallest absolute Gasteiger partial charge is 0.358 e. The first-order chi connectivity index (χ1) is 9.49. The zero-order chi connectivity index (χ0) is 14.8. The van der Waals surface area contributed by atoms with Crippen LogP contribution in [0.2, 0.25) is 0 Å². The molecule has 0 aromatic carbocycles. The fourth-order valence-corrected chi connectivity index (χ4v) is 4.63. The molecule has 108 valence electrons. The first-order valence-corrected chi connectivity index (χ1v) is 8.29. The minimum atomic E-state index is -3.88. The lowest BCUT2D eigenvalue weighted by Gasteiger charge is -2.15. The number of carbonyl (C=O) groups excluding carboxylic acids is 1. The first-order valence-electron chi connectivity index (χ1n) is 5.93. The molecular weight excluding hydrogens is 302 g/mol. The summed E-state index contributed by atoms with van der Waals surface area (Å²) in [6.07, 6.45) is 2.10. The van der Waals surface area contributed by atoms with Gasteiger partial charge in [-0.05, 0) is 12.8 Å². The highest BCUT2D eigenvalue weighted by Gasteiger charge is 2.34. The van der Waals surface area contributed by atoms with Gasteiger partial charge >= 0.3 is 5.97 Å². The van der Waals surface area contributed by atoms with Crippen LogP contribution >= 0.6 is 11.3 Å². The van der Waals surface area contributed by atoms with Gasteiger partial charge < -0.3 is 4.74 Å². The summed E-state index contributed by atoms with van der Waals surface area (Å²) >= 11 is 0.847. The Kier molecular flexibility index (Phi) is 4.37. The molecule has 2 atom stereocenters. The number of nitriles is 1. The van der Waals surface area contributed by atoms with Crippen molar-refractivity contribution in [3.8, 4) is 6.07 Å². The minimum Gasteiger partial charge on any atom is -0.464 e. The number of aromatic nitrogens is 1. The summed E-state index contributed by atoms with van der Waals surface area (Å²) in [5.74, 6) is -1.13. The van der Waals surface area contributed by atoms with E-state index in [1.807, 2.05) is 0 Å². The van der Waals surface area contributed by atoms with E-state index in [-0.39, 0.29) is 15.8 Å². The van der Waals surface area contributed by atoms with Gasteiger partial charge in [0, 0.05) is 6.04 Å². The standard InChI is InChI=1S/C11H13N3O4S2/c1-18-10(15)9-11(19-6-13-9)20(16,17)14-8-4-2-3-7(8)5-12/h6-8,14H,2-4H2,1H3. The number of hydrogen-bond donors (Lipinski definition) is 1. The Balaban J connectivity index is 2.26. The lowest BCUT2D eigenvalue weighted by Crippen LogP contribution is -2.37. The summed E-state index contributed by atoms with van der Waals surface area (Å²) in [7, 11) is -2.71. The summed E-state index contributed by atoms with van der Waals surface area (Å²) in [5.41, 5.74) is 1.05. The van der Waals surface area contributed by atoms with Crippen LogP contribution in [0.15, 0.2) is 9.72 Å². The molecule has 1 heterocycles. The van der Waals surface area contributed by atoms with E-state index in [9.17, 15) is 13.2 Å². The van der Waals surface area contributed by atoms with Crippen molar-refractivity contribution in [2.24, 2.45) is 5.92 Å². The molecular formula is C11H13N3O4S2. The minimum absolute atomic E-state index is 0.173. The Labute approximate surface area is 120 Å². The quantitative estimate of drug-likeness (QED) is 0.827. The van der Waals surface area contributed by atoms with Gasteiger partial charge in [-0.1, -0.05) is 6.42 Å². The third kappa shape index (κ3) is 2.82. The normalized spacial score (nSPS) is 22.4. The zero-order valence-electron chi connectivity index (χ0n) is 10.7. The lowest BCUT2D eigenvalue weighted by atomic mass is 10.1. The molecule has 0 radical (unpaired) electrons. The van der Waals surface area contributed by atoms with Crippen molar-refractivity contribution in [3.05, 3.63) is 11.2 Å². The number of carbonyl (C=O) groups is 1. The Bertz CT molecular complexity index is 647. The second-order valence-electron chi connectivity index (χ2n) is 4.37. The van der Waals surface area contributed by atoms with Gasteiger partial charge in [-0.25, -0.2) is 22.9 Å². The maximum Gasteiger partial charge on any atom is 0.358 e. The van der Waals surface area contributed by atoms with E-state index in [0.29, 0.717) is 12.8 Å². The highest BCUT2D eigenvalue weighted by Crippen LogP contribution is 2.28. The number of methoxy groups -OCH3 is 1. The van der Waals surface area contributed by atoms with Gasteiger partial charge in [-0.15, -0.1) is 11.3 Å². The second kappa shape index (κ2) is 5.87. The van der Waals surface area contributed by atoms with E-state index in [1.165, 1.54) is 5.51 Å². The van der Waals surface area contributed by atoms with Crippen molar-refractivity contribution >= 4 is 27.3 Å². The largest absolute Gasteiger partial charge is 0.464 e. The highest BCUT2D eigenvalue weighted by molar-refractivity contribution is 7.91. The molecule has 1 fully saturated rings. The monoisotopic (exact) mass is 315 g/mol. The van der Waals surface area contributed by atoms with Gasteiger partial charge in [0.2, 0.25) is 0 Å². The third-order valence-corrected chi connectivity index (χ3v) is 6.01. The number of thiazole rings is 1. The predicted molar refractivity (Wildman–Crippen MR) is 70.5 cm³/mol. The van der Waals surface area contributed by atoms with E-state index < -0.39 is 22.0 Å². The van der Waals surface area contributed by atoms with Crippen LogP contribution in [-0.2, 0) is 14.8 Å². The van der Waals surface area contributed by atoms with Gasteiger partial charge in [0.15, 0.2) is 9.90 Å². The Hall–Kier alpha value is -1.50. The average Bonchev–Trinajstić information content (AvgIpc) is 3.05. The van der Waals surface area contributed by atoms with Crippen molar-refractivity contribution in [1.82, 2.24) is 9.71 Å². The summed E-state index contributed by atoms with van der Waals surface area (Å²) in [6, 6.07) is 1.68. The predicted octanol–water partition coefficient (Wildman–Crippen LogP) is 0.900. The lowest BCUT2D eigenvalue weighted by molar-refractivity contribution is 0.0590. The molecule has 0 aliphatic heterocycles. The van der Waals surface area contributed by atoms with Crippen molar-refractivity contribution in [2.75, 3.05) is 7.11 Å². The molecule has 0 saturated heterocycles. The van der Waals surface area contributed by atoms with E-state index >= 15 is 0 Å². The van der Waals surface area contributed by atoms with Crippen molar-refractivity contribution in [2.45, 2.75) is 29.5 Å². The number of esters is 1.